The van der Waals surface area contributed by atoms with E-state index in [0.29, 0.717) is 6.07 Å². The normalized spacial score (nSPS) is 13.5. The lowest BCUT2D eigenvalue weighted by molar-refractivity contribution is 0.0975. The van der Waals surface area contributed by atoms with Gasteiger partial charge in [0, 0.05) is 16.7 Å². The van der Waals surface area contributed by atoms with Crippen LogP contribution < -0.4 is 4.74 Å². The summed E-state index contributed by atoms with van der Waals surface area (Å²) in [6, 6.07) is 13.5. The number of para-hydroxylation sites is 1. The summed E-state index contributed by atoms with van der Waals surface area (Å²) in [5.41, 5.74) is -1.57. The molecule has 2 N–H and O–H groups in total. The molecule has 0 bridgehead atoms. The van der Waals surface area contributed by atoms with Crippen LogP contribution in [-0.4, -0.2) is 37.5 Å². The van der Waals surface area contributed by atoms with Gasteiger partial charge in [-0.3, -0.25) is 18.7 Å². The van der Waals surface area contributed by atoms with E-state index in [2.05, 4.69) is 0 Å². The van der Waals surface area contributed by atoms with Crippen LogP contribution in [0.4, 0.5) is 0 Å². The Bertz CT molecular complexity index is 1470. The molecule has 158 valence electrons. The molecule has 1 aliphatic carbocycles. The molecule has 9 nitrogen and oxygen atoms in total. The van der Waals surface area contributed by atoms with Gasteiger partial charge in [0.15, 0.2) is 17.3 Å². The van der Waals surface area contributed by atoms with Crippen molar-refractivity contribution in [1.82, 2.24) is 0 Å². The van der Waals surface area contributed by atoms with E-state index in [0.717, 1.165) is 0 Å². The first kappa shape index (κ1) is 20.9. The average Bonchev–Trinajstić information content (AvgIpc) is 2.70. The van der Waals surface area contributed by atoms with E-state index < -0.39 is 58.5 Å². The Morgan fingerprint density at radius 2 is 1.23 bits per heavy atom. The third kappa shape index (κ3) is 3.53. The third-order valence-electron chi connectivity index (χ3n) is 4.59. The molecule has 0 unspecified atom stereocenters. The minimum Gasteiger partial charge on any atom is -0.454 e. The highest BCUT2D eigenvalue weighted by Gasteiger charge is 2.40. The van der Waals surface area contributed by atoms with Gasteiger partial charge in [-0.15, -0.1) is 0 Å². The average molecular weight is 460 g/mol. The smallest absolute Gasteiger partial charge is 0.299 e. The number of fused-ring (bicyclic) bond motifs is 2. The molecule has 0 spiro atoms. The van der Waals surface area contributed by atoms with Crippen molar-refractivity contribution in [2.75, 3.05) is 0 Å². The summed E-state index contributed by atoms with van der Waals surface area (Å²) in [4.78, 5) is 23.7. The van der Waals surface area contributed by atoms with Gasteiger partial charge >= 0.3 is 0 Å². The monoisotopic (exact) mass is 460 g/mol. The minimum absolute atomic E-state index is 0.0489. The fraction of sp³-hybridized carbons (Fsp3) is 0. The van der Waals surface area contributed by atoms with Crippen LogP contribution in [-0.2, 0) is 20.2 Å². The van der Waals surface area contributed by atoms with Crippen LogP contribution in [0.25, 0.3) is 0 Å². The maximum Gasteiger partial charge on any atom is 0.299 e. The van der Waals surface area contributed by atoms with Crippen LogP contribution in [0.15, 0.2) is 70.5 Å². The predicted molar refractivity (Wildman–Crippen MR) is 106 cm³/mol. The van der Waals surface area contributed by atoms with Crippen LogP contribution in [0.5, 0.6) is 11.5 Å². The van der Waals surface area contributed by atoms with Crippen molar-refractivity contribution < 1.29 is 40.3 Å². The molecule has 1 aliphatic rings. The maximum atomic E-state index is 13.1. The summed E-state index contributed by atoms with van der Waals surface area (Å²) in [6.45, 7) is 0. The lowest BCUT2D eigenvalue weighted by atomic mass is 9.84. The van der Waals surface area contributed by atoms with Crippen molar-refractivity contribution in [3.8, 4) is 11.5 Å². The molecule has 0 amide bonds. The van der Waals surface area contributed by atoms with Crippen molar-refractivity contribution >= 4 is 31.8 Å². The van der Waals surface area contributed by atoms with Gasteiger partial charge in [-0.25, -0.2) is 0 Å². The van der Waals surface area contributed by atoms with Gasteiger partial charge in [0.1, 0.15) is 15.5 Å². The molecule has 0 saturated heterocycles. The summed E-state index contributed by atoms with van der Waals surface area (Å²) >= 11 is 0. The summed E-state index contributed by atoms with van der Waals surface area (Å²) in [5, 5.41) is 0. The second kappa shape index (κ2) is 7.10. The highest BCUT2D eigenvalue weighted by molar-refractivity contribution is 7.87. The fourth-order valence-electron chi connectivity index (χ4n) is 3.32. The first-order chi connectivity index (χ1) is 14.5. The van der Waals surface area contributed by atoms with E-state index in [9.17, 15) is 35.5 Å². The minimum atomic E-state index is -5.31. The van der Waals surface area contributed by atoms with Crippen molar-refractivity contribution in [3.05, 3.63) is 82.9 Å². The highest BCUT2D eigenvalue weighted by Crippen LogP contribution is 2.42. The molecule has 0 radical (unpaired) electrons. The van der Waals surface area contributed by atoms with E-state index in [1.165, 1.54) is 48.5 Å². The zero-order chi connectivity index (χ0) is 22.6. The molecule has 4 rings (SSSR count). The Hall–Kier alpha value is -3.38. The summed E-state index contributed by atoms with van der Waals surface area (Å²) in [5.74, 6) is -2.84. The number of hydrogen-bond donors (Lipinski definition) is 2. The first-order valence-corrected chi connectivity index (χ1v) is 11.5. The molecule has 0 saturated carbocycles. The second-order valence-corrected chi connectivity index (χ2v) is 9.27. The van der Waals surface area contributed by atoms with E-state index in [1.807, 2.05) is 0 Å². The largest absolute Gasteiger partial charge is 0.454 e. The number of ether oxygens (including phenoxy) is 1. The van der Waals surface area contributed by atoms with Gasteiger partial charge in [0.25, 0.3) is 20.2 Å². The number of hydrogen-bond acceptors (Lipinski definition) is 7. The number of carbonyl (C=O) groups is 2. The molecule has 3 aromatic carbocycles. The highest BCUT2D eigenvalue weighted by atomic mass is 32.2. The van der Waals surface area contributed by atoms with Gasteiger partial charge < -0.3 is 4.74 Å². The molecule has 0 atom stereocenters. The van der Waals surface area contributed by atoms with E-state index in [1.54, 1.807) is 6.07 Å². The molecule has 3 aromatic rings. The quantitative estimate of drug-likeness (QED) is 0.438. The fourth-order valence-corrected chi connectivity index (χ4v) is 4.88. The molecule has 0 fully saturated rings. The lowest BCUT2D eigenvalue weighted by Gasteiger charge is -2.22. The van der Waals surface area contributed by atoms with Crippen LogP contribution in [0.1, 0.15) is 31.8 Å². The molecule has 0 heterocycles. The second-order valence-electron chi connectivity index (χ2n) is 6.52. The van der Waals surface area contributed by atoms with Crippen molar-refractivity contribution in [2.24, 2.45) is 0 Å². The molecule has 0 aliphatic heterocycles. The van der Waals surface area contributed by atoms with Gasteiger partial charge in [0.2, 0.25) is 0 Å². The number of ketones is 2. The Balaban J connectivity index is 2.16. The lowest BCUT2D eigenvalue weighted by Crippen LogP contribution is -2.25. The predicted octanol–water partition coefficient (Wildman–Crippen LogP) is 2.75. The molecular formula is C20H12O9S2. The number of benzene rings is 3. The number of rotatable bonds is 4. The van der Waals surface area contributed by atoms with Crippen LogP contribution in [0, 0.1) is 0 Å². The first-order valence-electron chi connectivity index (χ1n) is 8.57. The number of carbonyl (C=O) groups excluding carboxylic acids is 2. The van der Waals surface area contributed by atoms with Crippen LogP contribution >= 0.6 is 0 Å². The molecular weight excluding hydrogens is 448 g/mol. The molecule has 0 aromatic heterocycles. The Morgan fingerprint density at radius 1 is 0.677 bits per heavy atom. The topological polar surface area (TPSA) is 152 Å². The molecule has 31 heavy (non-hydrogen) atoms. The summed E-state index contributed by atoms with van der Waals surface area (Å²) in [6.07, 6.45) is 0. The Morgan fingerprint density at radius 3 is 1.77 bits per heavy atom. The standard InChI is InChI=1S/C20H12O9S2/c21-17-12-8-4-5-9-13(12)18(22)16-14(17)10-15(30(23,24)25)19(20(16)31(26,27)28)29-11-6-2-1-3-7-11/h1-10H,(H,23,24,25)(H,26,27,28). The summed E-state index contributed by atoms with van der Waals surface area (Å²) in [7, 11) is -10.5. The van der Waals surface area contributed by atoms with Gasteiger partial charge in [0.05, 0.1) is 5.56 Å². The van der Waals surface area contributed by atoms with E-state index >= 15 is 0 Å². The van der Waals surface area contributed by atoms with Crippen LogP contribution in [0.3, 0.4) is 0 Å². The van der Waals surface area contributed by atoms with E-state index in [-0.39, 0.29) is 16.9 Å². The van der Waals surface area contributed by atoms with Crippen LogP contribution in [0.2, 0.25) is 0 Å². The van der Waals surface area contributed by atoms with Gasteiger partial charge in [-0.05, 0) is 18.2 Å². The zero-order valence-corrected chi connectivity index (χ0v) is 17.0. The third-order valence-corrected chi connectivity index (χ3v) is 6.35. The molecule has 11 heteroatoms. The zero-order valence-electron chi connectivity index (χ0n) is 15.3. The maximum absolute atomic E-state index is 13.1. The van der Waals surface area contributed by atoms with E-state index in [4.69, 9.17) is 4.74 Å². The Labute approximate surface area is 176 Å². The van der Waals surface area contributed by atoms with Crippen molar-refractivity contribution in [3.63, 3.8) is 0 Å². The SMILES string of the molecule is O=C1c2ccccc2C(=O)c2c1cc(S(=O)(=O)O)c(Oc1ccccc1)c2S(=O)(=O)O. The Kier molecular flexibility index (Phi) is 4.78. The van der Waals surface area contributed by atoms with Crippen molar-refractivity contribution in [1.29, 1.82) is 0 Å². The summed E-state index contributed by atoms with van der Waals surface area (Å²) < 4.78 is 73.7. The van der Waals surface area contributed by atoms with Crippen molar-refractivity contribution in [2.45, 2.75) is 9.79 Å². The van der Waals surface area contributed by atoms with Gasteiger partial charge in [-0.2, -0.15) is 16.8 Å². The van der Waals surface area contributed by atoms with Gasteiger partial charge in [-0.1, -0.05) is 42.5 Å².